The van der Waals surface area contributed by atoms with Crippen LogP contribution < -0.4 is 4.90 Å². The highest BCUT2D eigenvalue weighted by molar-refractivity contribution is 5.78. The molecular formula is C14H22N4O2. The Hall–Kier alpha value is -1.69. The third-order valence-corrected chi connectivity index (χ3v) is 3.53. The lowest BCUT2D eigenvalue weighted by Gasteiger charge is -2.16. The summed E-state index contributed by atoms with van der Waals surface area (Å²) < 4.78 is 5.03. The first-order valence-corrected chi connectivity index (χ1v) is 6.85. The molecule has 1 amide bonds. The Morgan fingerprint density at radius 3 is 2.95 bits per heavy atom. The maximum Gasteiger partial charge on any atom is 0.223 e. The highest BCUT2D eigenvalue weighted by Crippen LogP contribution is 2.22. The second-order valence-corrected chi connectivity index (χ2v) is 5.37. The minimum atomic E-state index is 0.217. The Kier molecular flexibility index (Phi) is 4.89. The van der Waals surface area contributed by atoms with Crippen LogP contribution in [0.2, 0.25) is 0 Å². The van der Waals surface area contributed by atoms with Gasteiger partial charge in [0.15, 0.2) is 0 Å². The molecule has 1 unspecified atom stereocenters. The third kappa shape index (κ3) is 3.66. The van der Waals surface area contributed by atoms with Gasteiger partial charge in [-0.3, -0.25) is 4.79 Å². The van der Waals surface area contributed by atoms with Gasteiger partial charge in [0.2, 0.25) is 5.91 Å². The van der Waals surface area contributed by atoms with Crippen molar-refractivity contribution < 1.29 is 9.53 Å². The van der Waals surface area contributed by atoms with Gasteiger partial charge in [-0.25, -0.2) is 9.97 Å². The molecule has 2 rings (SSSR count). The third-order valence-electron chi connectivity index (χ3n) is 3.53. The minimum Gasteiger partial charge on any atom is -0.383 e. The van der Waals surface area contributed by atoms with E-state index in [1.165, 1.54) is 0 Å². The van der Waals surface area contributed by atoms with Gasteiger partial charge >= 0.3 is 0 Å². The van der Waals surface area contributed by atoms with Crippen LogP contribution in [0.15, 0.2) is 12.4 Å². The molecular weight excluding hydrogens is 256 g/mol. The summed E-state index contributed by atoms with van der Waals surface area (Å²) in [6, 6.07) is 1.99. The normalized spacial score (nSPS) is 18.6. The average Bonchev–Trinajstić information content (AvgIpc) is 2.76. The average molecular weight is 278 g/mol. The Morgan fingerprint density at radius 1 is 1.45 bits per heavy atom. The molecule has 1 aromatic heterocycles. The molecule has 0 aliphatic carbocycles. The second kappa shape index (κ2) is 6.65. The van der Waals surface area contributed by atoms with E-state index in [0.717, 1.165) is 24.5 Å². The molecule has 2 heterocycles. The molecule has 0 bridgehead atoms. The standard InChI is InChI=1S/C14H22N4O2/c1-17(2)13-8-12(15-10-16-13)6-11-7-14(19)18(9-11)4-5-20-3/h8,10-11H,4-7,9H2,1-3H3. The lowest BCUT2D eigenvalue weighted by molar-refractivity contribution is -0.128. The number of hydrogen-bond acceptors (Lipinski definition) is 5. The number of ether oxygens (including phenoxy) is 1. The number of anilines is 1. The number of hydrogen-bond donors (Lipinski definition) is 0. The highest BCUT2D eigenvalue weighted by Gasteiger charge is 2.29. The van der Waals surface area contributed by atoms with Gasteiger partial charge in [-0.05, 0) is 12.3 Å². The fraction of sp³-hybridized carbons (Fsp3) is 0.643. The molecule has 1 atom stereocenters. The van der Waals surface area contributed by atoms with E-state index >= 15 is 0 Å². The highest BCUT2D eigenvalue weighted by atomic mass is 16.5. The smallest absolute Gasteiger partial charge is 0.223 e. The van der Waals surface area contributed by atoms with Crippen LogP contribution in [0.1, 0.15) is 12.1 Å². The molecule has 0 aromatic carbocycles. The first-order valence-electron chi connectivity index (χ1n) is 6.85. The van der Waals surface area contributed by atoms with E-state index in [1.54, 1.807) is 13.4 Å². The number of methoxy groups -OCH3 is 1. The van der Waals surface area contributed by atoms with Crippen LogP contribution in [-0.4, -0.2) is 61.7 Å². The van der Waals surface area contributed by atoms with Gasteiger partial charge in [0.1, 0.15) is 12.1 Å². The first-order chi connectivity index (χ1) is 9.60. The van der Waals surface area contributed by atoms with Crippen molar-refractivity contribution in [1.29, 1.82) is 0 Å². The zero-order valence-corrected chi connectivity index (χ0v) is 12.4. The van der Waals surface area contributed by atoms with Crippen LogP contribution in [0.4, 0.5) is 5.82 Å². The van der Waals surface area contributed by atoms with E-state index < -0.39 is 0 Å². The lowest BCUT2D eigenvalue weighted by Crippen LogP contribution is -2.29. The number of aromatic nitrogens is 2. The summed E-state index contributed by atoms with van der Waals surface area (Å²) in [5.41, 5.74) is 0.995. The zero-order chi connectivity index (χ0) is 14.5. The molecule has 20 heavy (non-hydrogen) atoms. The molecule has 6 heteroatoms. The summed E-state index contributed by atoms with van der Waals surface area (Å²) in [5.74, 6) is 1.45. The number of nitrogens with zero attached hydrogens (tertiary/aromatic N) is 4. The number of carbonyl (C=O) groups excluding carboxylic acids is 1. The van der Waals surface area contributed by atoms with E-state index in [4.69, 9.17) is 4.74 Å². The van der Waals surface area contributed by atoms with Crippen LogP contribution in [0.25, 0.3) is 0 Å². The predicted octanol–water partition coefficient (Wildman–Crippen LogP) is 0.580. The molecule has 0 N–H and O–H groups in total. The van der Waals surface area contributed by atoms with Gasteiger partial charge < -0.3 is 14.5 Å². The van der Waals surface area contributed by atoms with Crippen LogP contribution in [0.5, 0.6) is 0 Å². The Balaban J connectivity index is 1.94. The lowest BCUT2D eigenvalue weighted by atomic mass is 10.0. The van der Waals surface area contributed by atoms with Crippen molar-refractivity contribution in [2.24, 2.45) is 5.92 Å². The summed E-state index contributed by atoms with van der Waals surface area (Å²) in [6.45, 7) is 2.07. The monoisotopic (exact) mass is 278 g/mol. The molecule has 1 saturated heterocycles. The summed E-state index contributed by atoms with van der Waals surface area (Å²) in [7, 11) is 5.57. The molecule has 6 nitrogen and oxygen atoms in total. The van der Waals surface area contributed by atoms with Gasteiger partial charge in [-0.15, -0.1) is 0 Å². The van der Waals surface area contributed by atoms with Crippen LogP contribution in [0, 0.1) is 5.92 Å². The fourth-order valence-electron chi connectivity index (χ4n) is 2.45. The van der Waals surface area contributed by atoms with E-state index in [-0.39, 0.29) is 5.91 Å². The maximum absolute atomic E-state index is 11.9. The van der Waals surface area contributed by atoms with E-state index in [9.17, 15) is 4.79 Å². The van der Waals surface area contributed by atoms with Crippen LogP contribution >= 0.6 is 0 Å². The quantitative estimate of drug-likeness (QED) is 0.762. The van der Waals surface area contributed by atoms with Crippen molar-refractivity contribution >= 4 is 11.7 Å². The Morgan fingerprint density at radius 2 is 2.25 bits per heavy atom. The number of amides is 1. The van der Waals surface area contributed by atoms with E-state index in [0.29, 0.717) is 25.5 Å². The van der Waals surface area contributed by atoms with Crippen molar-refractivity contribution in [3.8, 4) is 0 Å². The zero-order valence-electron chi connectivity index (χ0n) is 12.4. The van der Waals surface area contributed by atoms with E-state index in [2.05, 4.69) is 9.97 Å². The number of rotatable bonds is 6. The van der Waals surface area contributed by atoms with Crippen molar-refractivity contribution in [3.63, 3.8) is 0 Å². The minimum absolute atomic E-state index is 0.217. The molecule has 1 aliphatic heterocycles. The first kappa shape index (κ1) is 14.7. The Bertz CT molecular complexity index is 464. The summed E-state index contributed by atoms with van der Waals surface area (Å²) in [4.78, 5) is 24.2. The molecule has 1 aliphatic rings. The van der Waals surface area contributed by atoms with Crippen molar-refractivity contribution in [3.05, 3.63) is 18.1 Å². The maximum atomic E-state index is 11.9. The van der Waals surface area contributed by atoms with Gasteiger partial charge in [-0.1, -0.05) is 0 Å². The Labute approximate surface area is 119 Å². The van der Waals surface area contributed by atoms with Crippen molar-refractivity contribution in [2.45, 2.75) is 12.8 Å². The SMILES string of the molecule is COCCN1CC(Cc2cc(N(C)C)ncn2)CC1=O. The number of carbonyl (C=O) groups is 1. The van der Waals surface area contributed by atoms with Gasteiger partial charge in [-0.2, -0.15) is 0 Å². The summed E-state index contributed by atoms with van der Waals surface area (Å²) in [5, 5.41) is 0. The largest absolute Gasteiger partial charge is 0.383 e. The number of likely N-dealkylation sites (tertiary alicyclic amines) is 1. The molecule has 1 aromatic rings. The van der Waals surface area contributed by atoms with Gasteiger partial charge in [0.05, 0.1) is 6.61 Å². The molecule has 0 spiro atoms. The van der Waals surface area contributed by atoms with Crippen molar-refractivity contribution in [2.75, 3.05) is 45.8 Å². The van der Waals surface area contributed by atoms with E-state index in [1.807, 2.05) is 30.0 Å². The second-order valence-electron chi connectivity index (χ2n) is 5.37. The predicted molar refractivity (Wildman–Crippen MR) is 76.6 cm³/mol. The van der Waals surface area contributed by atoms with Gasteiger partial charge in [0, 0.05) is 52.5 Å². The van der Waals surface area contributed by atoms with Crippen molar-refractivity contribution in [1.82, 2.24) is 14.9 Å². The van der Waals surface area contributed by atoms with Crippen LogP contribution in [0.3, 0.4) is 0 Å². The topological polar surface area (TPSA) is 58.6 Å². The molecule has 1 fully saturated rings. The van der Waals surface area contributed by atoms with Gasteiger partial charge in [0.25, 0.3) is 0 Å². The molecule has 110 valence electrons. The summed E-state index contributed by atoms with van der Waals surface area (Å²) >= 11 is 0. The fourth-order valence-corrected chi connectivity index (χ4v) is 2.45. The summed E-state index contributed by atoms with van der Waals surface area (Å²) in [6.07, 6.45) is 3.01. The van der Waals surface area contributed by atoms with Crippen LogP contribution in [-0.2, 0) is 16.0 Å². The molecule has 0 saturated carbocycles. The molecule has 0 radical (unpaired) electrons.